The van der Waals surface area contributed by atoms with E-state index in [1.165, 1.54) is 25.6 Å². The molecule has 0 unspecified atom stereocenters. The van der Waals surface area contributed by atoms with Crippen LogP contribution in [0, 0.1) is 11.6 Å². The molecule has 0 fully saturated rings. The van der Waals surface area contributed by atoms with E-state index in [0.29, 0.717) is 19.2 Å². The summed E-state index contributed by atoms with van der Waals surface area (Å²) in [6.07, 6.45) is 2.54. The summed E-state index contributed by atoms with van der Waals surface area (Å²) in [5, 5.41) is 4.89. The molecule has 1 aromatic carbocycles. The van der Waals surface area contributed by atoms with Crippen LogP contribution in [0.2, 0.25) is 0 Å². The van der Waals surface area contributed by atoms with E-state index in [1.807, 2.05) is 0 Å². The van der Waals surface area contributed by atoms with Crippen molar-refractivity contribution in [1.29, 1.82) is 0 Å². The number of ether oxygens (including phenoxy) is 1. The molecule has 1 heterocycles. The zero-order valence-electron chi connectivity index (χ0n) is 12.8. The van der Waals surface area contributed by atoms with Gasteiger partial charge in [-0.05, 0) is 18.2 Å². The number of halogens is 2. The number of hydrogen-bond acceptors (Lipinski definition) is 4. The minimum Gasteiger partial charge on any atom is -0.383 e. The fourth-order valence-electron chi connectivity index (χ4n) is 1.84. The summed E-state index contributed by atoms with van der Waals surface area (Å²) in [4.78, 5) is 27.9. The number of aromatic nitrogens is 1. The SMILES string of the molecule is COCCNC(=O)c1cncc(C(=O)Nc2ccc(F)cc2F)c1. The molecule has 0 aliphatic heterocycles. The lowest BCUT2D eigenvalue weighted by Crippen LogP contribution is -2.27. The molecule has 0 saturated heterocycles. The van der Waals surface area contributed by atoms with Gasteiger partial charge in [-0.1, -0.05) is 0 Å². The lowest BCUT2D eigenvalue weighted by atomic mass is 10.1. The zero-order valence-corrected chi connectivity index (χ0v) is 12.8. The van der Waals surface area contributed by atoms with Crippen LogP contribution in [0.15, 0.2) is 36.7 Å². The standard InChI is InChI=1S/C16H15F2N3O3/c1-24-5-4-20-15(22)10-6-11(9-19-8-10)16(23)21-14-3-2-12(17)7-13(14)18/h2-3,6-9H,4-5H2,1H3,(H,20,22)(H,21,23). The van der Waals surface area contributed by atoms with Crippen LogP contribution in [0.4, 0.5) is 14.5 Å². The summed E-state index contributed by atoms with van der Waals surface area (Å²) in [6.45, 7) is 0.662. The van der Waals surface area contributed by atoms with Crippen molar-refractivity contribution < 1.29 is 23.1 Å². The van der Waals surface area contributed by atoms with Gasteiger partial charge in [0, 0.05) is 32.1 Å². The van der Waals surface area contributed by atoms with E-state index in [-0.39, 0.29) is 16.8 Å². The van der Waals surface area contributed by atoms with E-state index in [4.69, 9.17) is 4.74 Å². The van der Waals surface area contributed by atoms with Crippen LogP contribution in [0.25, 0.3) is 0 Å². The Morgan fingerprint density at radius 3 is 2.50 bits per heavy atom. The molecule has 2 aromatic rings. The molecule has 126 valence electrons. The minimum atomic E-state index is -0.898. The molecule has 0 aliphatic carbocycles. The van der Waals surface area contributed by atoms with Gasteiger partial charge in [-0.15, -0.1) is 0 Å². The van der Waals surface area contributed by atoms with Gasteiger partial charge in [0.25, 0.3) is 11.8 Å². The average Bonchev–Trinajstić information content (AvgIpc) is 2.57. The third-order valence-corrected chi connectivity index (χ3v) is 3.03. The molecule has 6 nitrogen and oxygen atoms in total. The topological polar surface area (TPSA) is 80.3 Å². The van der Waals surface area contributed by atoms with Gasteiger partial charge in [0.2, 0.25) is 0 Å². The minimum absolute atomic E-state index is 0.0677. The Labute approximate surface area is 136 Å². The molecule has 1 aromatic heterocycles. The molecule has 2 rings (SSSR count). The van der Waals surface area contributed by atoms with Crippen molar-refractivity contribution >= 4 is 17.5 Å². The lowest BCUT2D eigenvalue weighted by Gasteiger charge is -2.08. The van der Waals surface area contributed by atoms with Crippen molar-refractivity contribution in [1.82, 2.24) is 10.3 Å². The summed E-state index contributed by atoms with van der Waals surface area (Å²) < 4.78 is 31.2. The van der Waals surface area contributed by atoms with Gasteiger partial charge in [-0.3, -0.25) is 14.6 Å². The van der Waals surface area contributed by atoms with Crippen LogP contribution < -0.4 is 10.6 Å². The predicted molar refractivity (Wildman–Crippen MR) is 82.8 cm³/mol. The number of methoxy groups -OCH3 is 1. The van der Waals surface area contributed by atoms with Crippen molar-refractivity contribution in [2.24, 2.45) is 0 Å². The van der Waals surface area contributed by atoms with Crippen LogP contribution in [0.3, 0.4) is 0 Å². The molecule has 2 N–H and O–H groups in total. The fraction of sp³-hybridized carbons (Fsp3) is 0.188. The Bertz CT molecular complexity index is 753. The number of amides is 2. The first-order valence-corrected chi connectivity index (χ1v) is 7.00. The molecular weight excluding hydrogens is 320 g/mol. The molecule has 0 radical (unpaired) electrons. The quantitative estimate of drug-likeness (QED) is 0.791. The first-order valence-electron chi connectivity index (χ1n) is 7.00. The largest absolute Gasteiger partial charge is 0.383 e. The second-order valence-corrected chi connectivity index (χ2v) is 4.79. The van der Waals surface area contributed by atoms with Crippen molar-refractivity contribution in [3.8, 4) is 0 Å². The number of nitrogens with one attached hydrogen (secondary N) is 2. The molecule has 2 amide bonds. The summed E-state index contributed by atoms with van der Waals surface area (Å²) in [7, 11) is 1.51. The van der Waals surface area contributed by atoms with Crippen LogP contribution in [-0.4, -0.2) is 37.1 Å². The van der Waals surface area contributed by atoms with E-state index in [9.17, 15) is 18.4 Å². The summed E-state index contributed by atoms with van der Waals surface area (Å²) in [5.74, 6) is -2.73. The first-order chi connectivity index (χ1) is 11.5. The van der Waals surface area contributed by atoms with Gasteiger partial charge in [0.05, 0.1) is 23.4 Å². The van der Waals surface area contributed by atoms with E-state index in [1.54, 1.807) is 0 Å². The fourth-order valence-corrected chi connectivity index (χ4v) is 1.84. The van der Waals surface area contributed by atoms with Crippen molar-refractivity contribution in [3.05, 3.63) is 59.4 Å². The highest BCUT2D eigenvalue weighted by atomic mass is 19.1. The highest BCUT2D eigenvalue weighted by Crippen LogP contribution is 2.16. The summed E-state index contributed by atoms with van der Waals surface area (Å²) >= 11 is 0. The maximum atomic E-state index is 13.6. The van der Waals surface area contributed by atoms with Crippen LogP contribution >= 0.6 is 0 Å². The third-order valence-electron chi connectivity index (χ3n) is 3.03. The Hall–Kier alpha value is -2.87. The normalized spacial score (nSPS) is 10.3. The van der Waals surface area contributed by atoms with E-state index in [0.717, 1.165) is 12.1 Å². The number of rotatable bonds is 6. The number of nitrogens with zero attached hydrogens (tertiary/aromatic N) is 1. The Kier molecular flexibility index (Phi) is 5.91. The molecule has 0 aliphatic rings. The monoisotopic (exact) mass is 335 g/mol. The maximum Gasteiger partial charge on any atom is 0.257 e. The molecule has 24 heavy (non-hydrogen) atoms. The molecule has 0 spiro atoms. The predicted octanol–water partition coefficient (Wildman–Crippen LogP) is 1.99. The lowest BCUT2D eigenvalue weighted by molar-refractivity contribution is 0.0936. The van der Waals surface area contributed by atoms with Gasteiger partial charge in [-0.2, -0.15) is 0 Å². The van der Waals surface area contributed by atoms with E-state index in [2.05, 4.69) is 15.6 Å². The number of anilines is 1. The van der Waals surface area contributed by atoms with Crippen molar-refractivity contribution in [2.75, 3.05) is 25.6 Å². The molecule has 8 heteroatoms. The zero-order chi connectivity index (χ0) is 17.5. The number of carbonyl (C=O) groups excluding carboxylic acids is 2. The van der Waals surface area contributed by atoms with Crippen molar-refractivity contribution in [2.45, 2.75) is 0 Å². The number of benzene rings is 1. The average molecular weight is 335 g/mol. The number of carbonyl (C=O) groups is 2. The van der Waals surface area contributed by atoms with Gasteiger partial charge < -0.3 is 15.4 Å². The third kappa shape index (κ3) is 4.56. The highest BCUT2D eigenvalue weighted by Gasteiger charge is 2.13. The second kappa shape index (κ2) is 8.11. The Morgan fingerprint density at radius 1 is 1.12 bits per heavy atom. The van der Waals surface area contributed by atoms with E-state index >= 15 is 0 Å². The van der Waals surface area contributed by atoms with Crippen LogP contribution in [0.5, 0.6) is 0 Å². The van der Waals surface area contributed by atoms with Gasteiger partial charge in [0.15, 0.2) is 0 Å². The molecule has 0 saturated carbocycles. The first kappa shape index (κ1) is 17.5. The number of pyridine rings is 1. The second-order valence-electron chi connectivity index (χ2n) is 4.79. The number of hydrogen-bond donors (Lipinski definition) is 2. The molecule has 0 atom stereocenters. The van der Waals surface area contributed by atoms with Gasteiger partial charge in [-0.25, -0.2) is 8.78 Å². The summed E-state index contributed by atoms with van der Waals surface area (Å²) in [5.41, 5.74) is 0.0767. The van der Waals surface area contributed by atoms with E-state index < -0.39 is 23.4 Å². The van der Waals surface area contributed by atoms with Gasteiger partial charge >= 0.3 is 0 Å². The van der Waals surface area contributed by atoms with Crippen LogP contribution in [0.1, 0.15) is 20.7 Å². The summed E-state index contributed by atoms with van der Waals surface area (Å²) in [6, 6.07) is 4.12. The Morgan fingerprint density at radius 2 is 1.83 bits per heavy atom. The molecule has 0 bridgehead atoms. The molecular formula is C16H15F2N3O3. The van der Waals surface area contributed by atoms with Crippen molar-refractivity contribution in [3.63, 3.8) is 0 Å². The van der Waals surface area contributed by atoms with Crippen LogP contribution in [-0.2, 0) is 4.74 Å². The smallest absolute Gasteiger partial charge is 0.257 e. The highest BCUT2D eigenvalue weighted by molar-refractivity contribution is 6.05. The van der Waals surface area contributed by atoms with Gasteiger partial charge in [0.1, 0.15) is 11.6 Å². The maximum absolute atomic E-state index is 13.6. The Balaban J connectivity index is 2.09.